The molecule has 1 atom stereocenters. The van der Waals surface area contributed by atoms with Gasteiger partial charge in [0.15, 0.2) is 0 Å². The van der Waals surface area contributed by atoms with Crippen LogP contribution in [0.25, 0.3) is 0 Å². The molecule has 0 bridgehead atoms. The molecule has 0 fully saturated rings. The SMILES string of the molecule is [CH2]C(CCc1ccccc1)C(C)(C)CC. The van der Waals surface area contributed by atoms with Gasteiger partial charge in [-0.3, -0.25) is 0 Å². The predicted octanol–water partition coefficient (Wildman–Crippen LogP) is 4.51. The molecule has 1 rings (SSSR count). The van der Waals surface area contributed by atoms with Gasteiger partial charge in [0, 0.05) is 0 Å². The fourth-order valence-electron chi connectivity index (χ4n) is 1.66. The Labute approximate surface area is 94.7 Å². The fourth-order valence-corrected chi connectivity index (χ4v) is 1.66. The molecule has 0 aliphatic carbocycles. The minimum absolute atomic E-state index is 0.370. The van der Waals surface area contributed by atoms with Gasteiger partial charge in [0.2, 0.25) is 0 Å². The second-order valence-electron chi connectivity index (χ2n) is 5.06. The van der Waals surface area contributed by atoms with Gasteiger partial charge in [0.1, 0.15) is 0 Å². The number of benzene rings is 1. The summed E-state index contributed by atoms with van der Waals surface area (Å²) in [6.45, 7) is 11.2. The summed E-state index contributed by atoms with van der Waals surface area (Å²) in [7, 11) is 0. The lowest BCUT2D eigenvalue weighted by Crippen LogP contribution is -2.21. The van der Waals surface area contributed by atoms with Gasteiger partial charge in [-0.25, -0.2) is 0 Å². The minimum Gasteiger partial charge on any atom is -0.0649 e. The normalized spacial score (nSPS) is 13.9. The molecule has 15 heavy (non-hydrogen) atoms. The van der Waals surface area contributed by atoms with Crippen molar-refractivity contribution in [2.75, 3.05) is 0 Å². The summed E-state index contributed by atoms with van der Waals surface area (Å²) >= 11 is 0. The monoisotopic (exact) mass is 203 g/mol. The molecular formula is C15H23. The molecule has 0 saturated carbocycles. The average Bonchev–Trinajstić information content (AvgIpc) is 2.27. The van der Waals surface area contributed by atoms with Crippen LogP contribution in [0.15, 0.2) is 30.3 Å². The molecule has 0 aliphatic rings. The van der Waals surface area contributed by atoms with Crippen molar-refractivity contribution in [3.8, 4) is 0 Å². The lowest BCUT2D eigenvalue weighted by molar-refractivity contribution is 0.234. The van der Waals surface area contributed by atoms with E-state index in [9.17, 15) is 0 Å². The lowest BCUT2D eigenvalue weighted by Gasteiger charge is -2.30. The second kappa shape index (κ2) is 5.34. The Hall–Kier alpha value is -0.780. The van der Waals surface area contributed by atoms with E-state index in [1.54, 1.807) is 0 Å². The number of hydrogen-bond donors (Lipinski definition) is 0. The maximum Gasteiger partial charge on any atom is -0.0276 e. The molecule has 1 aromatic rings. The Kier molecular flexibility index (Phi) is 4.38. The van der Waals surface area contributed by atoms with Crippen LogP contribution in [0.4, 0.5) is 0 Å². The van der Waals surface area contributed by atoms with E-state index in [-0.39, 0.29) is 0 Å². The van der Waals surface area contributed by atoms with Gasteiger partial charge in [-0.15, -0.1) is 0 Å². The third-order valence-electron chi connectivity index (χ3n) is 3.64. The molecular weight excluding hydrogens is 180 g/mol. The Morgan fingerprint density at radius 2 is 1.80 bits per heavy atom. The highest BCUT2D eigenvalue weighted by atomic mass is 14.3. The molecule has 0 amide bonds. The van der Waals surface area contributed by atoms with E-state index < -0.39 is 0 Å². The van der Waals surface area contributed by atoms with E-state index in [0.717, 1.165) is 6.42 Å². The van der Waals surface area contributed by atoms with E-state index in [1.807, 2.05) is 0 Å². The molecule has 0 aromatic heterocycles. The second-order valence-corrected chi connectivity index (χ2v) is 5.06. The first kappa shape index (κ1) is 12.3. The topological polar surface area (TPSA) is 0 Å². The van der Waals surface area contributed by atoms with Crippen molar-refractivity contribution in [2.24, 2.45) is 11.3 Å². The third kappa shape index (κ3) is 3.70. The maximum atomic E-state index is 4.30. The molecule has 0 nitrogen and oxygen atoms in total. The maximum absolute atomic E-state index is 4.30. The summed E-state index contributed by atoms with van der Waals surface area (Å²) in [4.78, 5) is 0. The number of rotatable bonds is 5. The van der Waals surface area contributed by atoms with E-state index in [2.05, 4.69) is 58.0 Å². The highest BCUT2D eigenvalue weighted by molar-refractivity contribution is 5.14. The van der Waals surface area contributed by atoms with E-state index in [1.165, 1.54) is 18.4 Å². The summed E-state index contributed by atoms with van der Waals surface area (Å²) in [5.41, 5.74) is 1.80. The zero-order chi connectivity index (χ0) is 11.3. The molecule has 1 unspecified atom stereocenters. The van der Waals surface area contributed by atoms with Crippen molar-refractivity contribution in [1.82, 2.24) is 0 Å². The number of hydrogen-bond acceptors (Lipinski definition) is 0. The summed E-state index contributed by atoms with van der Waals surface area (Å²) in [5.74, 6) is 0.544. The van der Waals surface area contributed by atoms with Crippen molar-refractivity contribution < 1.29 is 0 Å². The zero-order valence-electron chi connectivity index (χ0n) is 10.3. The Bertz CT molecular complexity index is 271. The highest BCUT2D eigenvalue weighted by Gasteiger charge is 2.23. The van der Waals surface area contributed by atoms with Gasteiger partial charge < -0.3 is 0 Å². The Morgan fingerprint density at radius 3 is 2.33 bits per heavy atom. The van der Waals surface area contributed by atoms with Gasteiger partial charge in [-0.1, -0.05) is 57.5 Å². The van der Waals surface area contributed by atoms with Crippen molar-refractivity contribution in [2.45, 2.75) is 40.0 Å². The average molecular weight is 203 g/mol. The summed E-state index contributed by atoms with van der Waals surface area (Å²) < 4.78 is 0. The van der Waals surface area contributed by atoms with Gasteiger partial charge >= 0.3 is 0 Å². The van der Waals surface area contributed by atoms with Crippen LogP contribution in [0, 0.1) is 18.3 Å². The van der Waals surface area contributed by atoms with Gasteiger partial charge in [0.25, 0.3) is 0 Å². The standard InChI is InChI=1S/C15H23/c1-5-15(3,4)13(2)11-12-14-9-7-6-8-10-14/h6-10,13H,2,5,11-12H2,1,3-4H3. The van der Waals surface area contributed by atoms with E-state index >= 15 is 0 Å². The van der Waals surface area contributed by atoms with Crippen LogP contribution < -0.4 is 0 Å². The first-order chi connectivity index (χ1) is 7.06. The smallest absolute Gasteiger partial charge is 0.0276 e. The Morgan fingerprint density at radius 1 is 1.20 bits per heavy atom. The zero-order valence-corrected chi connectivity index (χ0v) is 10.3. The molecule has 0 heterocycles. The molecule has 0 spiro atoms. The van der Waals surface area contributed by atoms with Crippen LogP contribution in [-0.4, -0.2) is 0 Å². The van der Waals surface area contributed by atoms with Gasteiger partial charge in [0.05, 0.1) is 0 Å². The van der Waals surface area contributed by atoms with Crippen LogP contribution in [0.3, 0.4) is 0 Å². The molecule has 0 heteroatoms. The molecule has 1 radical (unpaired) electrons. The summed E-state index contributed by atoms with van der Waals surface area (Å²) in [5, 5.41) is 0. The van der Waals surface area contributed by atoms with Crippen LogP contribution in [-0.2, 0) is 6.42 Å². The summed E-state index contributed by atoms with van der Waals surface area (Å²) in [6.07, 6.45) is 3.54. The van der Waals surface area contributed by atoms with Crippen LogP contribution in [0.1, 0.15) is 39.2 Å². The third-order valence-corrected chi connectivity index (χ3v) is 3.64. The first-order valence-corrected chi connectivity index (χ1v) is 5.93. The highest BCUT2D eigenvalue weighted by Crippen LogP contribution is 2.32. The molecule has 0 N–H and O–H groups in total. The van der Waals surface area contributed by atoms with Crippen LogP contribution >= 0.6 is 0 Å². The van der Waals surface area contributed by atoms with Crippen molar-refractivity contribution >= 4 is 0 Å². The molecule has 83 valence electrons. The van der Waals surface area contributed by atoms with Crippen molar-refractivity contribution in [1.29, 1.82) is 0 Å². The fraction of sp³-hybridized carbons (Fsp3) is 0.533. The number of aryl methyl sites for hydroxylation is 1. The predicted molar refractivity (Wildman–Crippen MR) is 67.7 cm³/mol. The molecule has 1 aromatic carbocycles. The summed E-state index contributed by atoms with van der Waals surface area (Å²) in [6, 6.07) is 10.7. The molecule has 0 aliphatic heterocycles. The van der Waals surface area contributed by atoms with Crippen LogP contribution in [0.2, 0.25) is 0 Å². The lowest BCUT2D eigenvalue weighted by atomic mass is 9.75. The minimum atomic E-state index is 0.370. The van der Waals surface area contributed by atoms with E-state index in [0.29, 0.717) is 11.3 Å². The molecule has 0 saturated heterocycles. The Balaban J connectivity index is 2.44. The van der Waals surface area contributed by atoms with E-state index in [4.69, 9.17) is 0 Å². The van der Waals surface area contributed by atoms with Gasteiger partial charge in [-0.2, -0.15) is 0 Å². The first-order valence-electron chi connectivity index (χ1n) is 5.93. The van der Waals surface area contributed by atoms with Crippen LogP contribution in [0.5, 0.6) is 0 Å². The van der Waals surface area contributed by atoms with Crippen molar-refractivity contribution in [3.05, 3.63) is 42.8 Å². The van der Waals surface area contributed by atoms with Gasteiger partial charge in [-0.05, 0) is 36.7 Å². The van der Waals surface area contributed by atoms with Crippen molar-refractivity contribution in [3.63, 3.8) is 0 Å². The largest absolute Gasteiger partial charge is 0.0649 e. The quantitative estimate of drug-likeness (QED) is 0.660.